The van der Waals surface area contributed by atoms with Crippen molar-refractivity contribution in [3.63, 3.8) is 0 Å². The van der Waals surface area contributed by atoms with Crippen LogP contribution in [-0.2, 0) is 0 Å². The zero-order chi connectivity index (χ0) is 25.5. The van der Waals surface area contributed by atoms with E-state index in [2.05, 4.69) is 132 Å². The van der Waals surface area contributed by atoms with Crippen molar-refractivity contribution in [1.29, 1.82) is 0 Å². The third kappa shape index (κ3) is 2.80. The van der Waals surface area contributed by atoms with Crippen molar-refractivity contribution in [2.45, 2.75) is 0 Å². The molecule has 0 fully saturated rings. The molecule has 0 atom stereocenters. The zero-order valence-corrected chi connectivity index (χ0v) is 21.7. The first-order chi connectivity index (χ1) is 19.4. The number of hydrogen-bond acceptors (Lipinski definition) is 3. The van der Waals surface area contributed by atoms with E-state index in [1.54, 1.807) is 0 Å². The fourth-order valence-corrected chi connectivity index (χ4v) is 7.70. The van der Waals surface area contributed by atoms with E-state index in [0.29, 0.717) is 0 Å². The maximum Gasteiger partial charge on any atom is 0.160 e. The van der Waals surface area contributed by atoms with Gasteiger partial charge in [-0.2, -0.15) is 0 Å². The Kier molecular flexibility index (Phi) is 4.24. The summed E-state index contributed by atoms with van der Waals surface area (Å²) in [6, 6.07) is 45.4. The minimum absolute atomic E-state index is 0.933. The molecule has 2 aromatic heterocycles. The molecule has 0 aliphatic heterocycles. The van der Waals surface area contributed by atoms with E-state index in [0.717, 1.165) is 28.2 Å². The number of nitrogens with zero attached hydrogens (tertiary/aromatic N) is 1. The highest BCUT2D eigenvalue weighted by atomic mass is 32.1. The molecule has 9 aromatic rings. The summed E-state index contributed by atoms with van der Waals surface area (Å²) in [6.07, 6.45) is 0. The molecular formula is C36H21NOS. The van der Waals surface area contributed by atoms with Crippen LogP contribution in [0.2, 0.25) is 0 Å². The Morgan fingerprint density at radius 3 is 1.79 bits per heavy atom. The molecule has 0 unspecified atom stereocenters. The van der Waals surface area contributed by atoms with Gasteiger partial charge in [0.15, 0.2) is 5.58 Å². The molecule has 39 heavy (non-hydrogen) atoms. The Morgan fingerprint density at radius 1 is 0.462 bits per heavy atom. The number of rotatable bonds is 3. The van der Waals surface area contributed by atoms with Gasteiger partial charge in [0.25, 0.3) is 0 Å². The van der Waals surface area contributed by atoms with Crippen molar-refractivity contribution < 1.29 is 4.42 Å². The Balaban J connectivity index is 1.61. The van der Waals surface area contributed by atoms with Gasteiger partial charge in [0.2, 0.25) is 0 Å². The molecule has 182 valence electrons. The molecule has 2 heterocycles. The van der Waals surface area contributed by atoms with Gasteiger partial charge in [-0.1, -0.05) is 91.0 Å². The number of anilines is 3. The molecular weight excluding hydrogens is 494 g/mol. The lowest BCUT2D eigenvalue weighted by Gasteiger charge is -2.27. The number of benzene rings is 7. The molecule has 0 N–H and O–H groups in total. The normalized spacial score (nSPS) is 12.1. The van der Waals surface area contributed by atoms with Crippen LogP contribution in [0.1, 0.15) is 0 Å². The van der Waals surface area contributed by atoms with Gasteiger partial charge in [-0.25, -0.2) is 0 Å². The summed E-state index contributed by atoms with van der Waals surface area (Å²) in [5, 5.41) is 10.00. The number of hydrogen-bond donors (Lipinski definition) is 0. The van der Waals surface area contributed by atoms with Gasteiger partial charge in [0.1, 0.15) is 5.58 Å². The fraction of sp³-hybridized carbons (Fsp3) is 0. The van der Waals surface area contributed by atoms with E-state index in [-0.39, 0.29) is 0 Å². The van der Waals surface area contributed by atoms with Crippen molar-refractivity contribution in [3.8, 4) is 0 Å². The van der Waals surface area contributed by atoms with E-state index in [1.807, 2.05) is 11.3 Å². The minimum Gasteiger partial charge on any atom is -0.454 e. The van der Waals surface area contributed by atoms with Gasteiger partial charge in [-0.05, 0) is 52.6 Å². The molecule has 0 radical (unpaired) electrons. The first-order valence-electron chi connectivity index (χ1n) is 13.2. The summed E-state index contributed by atoms with van der Waals surface area (Å²) in [7, 11) is 0. The van der Waals surface area contributed by atoms with Crippen molar-refractivity contribution in [2.75, 3.05) is 4.90 Å². The Labute approximate surface area is 228 Å². The maximum absolute atomic E-state index is 6.93. The van der Waals surface area contributed by atoms with Crippen LogP contribution in [0.5, 0.6) is 0 Å². The second kappa shape index (κ2) is 7.83. The summed E-state index contributed by atoms with van der Waals surface area (Å²) < 4.78 is 9.52. The van der Waals surface area contributed by atoms with Crippen LogP contribution in [0, 0.1) is 0 Å². The average molecular weight is 516 g/mol. The van der Waals surface area contributed by atoms with Crippen molar-refractivity contribution in [3.05, 3.63) is 127 Å². The monoisotopic (exact) mass is 515 g/mol. The molecule has 3 heteroatoms. The second-order valence-electron chi connectivity index (χ2n) is 10.1. The molecule has 0 amide bonds. The molecule has 0 aliphatic carbocycles. The molecule has 0 bridgehead atoms. The Hall–Kier alpha value is -4.86. The molecule has 9 rings (SSSR count). The number of fused-ring (bicyclic) bond motifs is 7. The number of para-hydroxylation sites is 2. The predicted molar refractivity (Wildman–Crippen MR) is 167 cm³/mol. The third-order valence-electron chi connectivity index (χ3n) is 7.98. The first kappa shape index (κ1) is 21.1. The van der Waals surface area contributed by atoms with Crippen molar-refractivity contribution in [1.82, 2.24) is 0 Å². The second-order valence-corrected chi connectivity index (χ2v) is 11.1. The van der Waals surface area contributed by atoms with Crippen molar-refractivity contribution in [2.24, 2.45) is 0 Å². The molecule has 0 spiro atoms. The largest absolute Gasteiger partial charge is 0.454 e. The van der Waals surface area contributed by atoms with Gasteiger partial charge in [0.05, 0.1) is 5.69 Å². The lowest BCUT2D eigenvalue weighted by molar-refractivity contribution is 0.670. The standard InChI is InChI=1S/C36H21NOS/c1-3-12-22(13-4-1)37(23-14-5-2-6-15-23)34-32-27-18-9-10-21-29(27)39-36(32)31-26-17-8-7-16-24(26)25-19-11-20-28-30(25)33(31)35(34)38-28/h1-21H. The SMILES string of the molecule is c1ccc(N(c2ccccc2)c2c3oc4cccc5c6ccccc6c(c6sc7ccccc7c26)c3c45)cc1. The molecule has 2 nitrogen and oxygen atoms in total. The highest BCUT2D eigenvalue weighted by Crippen LogP contribution is 2.55. The highest BCUT2D eigenvalue weighted by molar-refractivity contribution is 7.27. The maximum atomic E-state index is 6.93. The van der Waals surface area contributed by atoms with E-state index < -0.39 is 0 Å². The lowest BCUT2D eigenvalue weighted by atomic mass is 9.92. The van der Waals surface area contributed by atoms with E-state index in [4.69, 9.17) is 4.42 Å². The Morgan fingerprint density at radius 2 is 1.05 bits per heavy atom. The van der Waals surface area contributed by atoms with Crippen LogP contribution in [0.4, 0.5) is 17.1 Å². The Bertz CT molecular complexity index is 2290. The smallest absolute Gasteiger partial charge is 0.160 e. The highest BCUT2D eigenvalue weighted by Gasteiger charge is 2.29. The van der Waals surface area contributed by atoms with Crippen LogP contribution in [0.15, 0.2) is 132 Å². The van der Waals surface area contributed by atoms with Crippen LogP contribution in [0.25, 0.3) is 63.7 Å². The number of thiophene rings is 1. The summed E-state index contributed by atoms with van der Waals surface area (Å²) in [6.45, 7) is 0. The van der Waals surface area contributed by atoms with Crippen LogP contribution < -0.4 is 4.90 Å². The summed E-state index contributed by atoms with van der Waals surface area (Å²) >= 11 is 1.89. The minimum atomic E-state index is 0.933. The van der Waals surface area contributed by atoms with Gasteiger partial charge >= 0.3 is 0 Å². The lowest BCUT2D eigenvalue weighted by Crippen LogP contribution is -2.10. The third-order valence-corrected chi connectivity index (χ3v) is 9.17. The van der Waals surface area contributed by atoms with Crippen LogP contribution in [-0.4, -0.2) is 0 Å². The van der Waals surface area contributed by atoms with Gasteiger partial charge < -0.3 is 9.32 Å². The van der Waals surface area contributed by atoms with Gasteiger partial charge in [-0.3, -0.25) is 0 Å². The first-order valence-corrected chi connectivity index (χ1v) is 14.0. The van der Waals surface area contributed by atoms with Crippen molar-refractivity contribution >= 4 is 92.1 Å². The van der Waals surface area contributed by atoms with Gasteiger partial charge in [-0.15, -0.1) is 11.3 Å². The molecule has 0 aliphatic rings. The van der Waals surface area contributed by atoms with E-state index in [1.165, 1.54) is 52.5 Å². The van der Waals surface area contributed by atoms with E-state index in [9.17, 15) is 0 Å². The predicted octanol–water partition coefficient (Wildman–Crippen LogP) is 11.2. The summed E-state index contributed by atoms with van der Waals surface area (Å²) in [5.41, 5.74) is 5.17. The quantitative estimate of drug-likeness (QED) is 0.218. The summed E-state index contributed by atoms with van der Waals surface area (Å²) in [5.74, 6) is 0. The fourth-order valence-electron chi connectivity index (χ4n) is 6.43. The van der Waals surface area contributed by atoms with Crippen LogP contribution in [0.3, 0.4) is 0 Å². The van der Waals surface area contributed by atoms with Gasteiger partial charge in [0, 0.05) is 47.7 Å². The van der Waals surface area contributed by atoms with Crippen LogP contribution >= 0.6 is 11.3 Å². The topological polar surface area (TPSA) is 16.4 Å². The summed E-state index contributed by atoms with van der Waals surface area (Å²) in [4.78, 5) is 2.38. The molecule has 0 saturated heterocycles. The molecule has 7 aromatic carbocycles. The number of furan rings is 1. The molecule has 0 saturated carbocycles. The average Bonchev–Trinajstić information content (AvgIpc) is 3.58. The van der Waals surface area contributed by atoms with E-state index >= 15 is 0 Å². The zero-order valence-electron chi connectivity index (χ0n) is 20.9.